The summed E-state index contributed by atoms with van der Waals surface area (Å²) in [6.07, 6.45) is 1.48. The molecule has 0 N–H and O–H groups in total. The Morgan fingerprint density at radius 1 is 0.875 bits per heavy atom. The van der Waals surface area contributed by atoms with Crippen LogP contribution in [-0.2, 0) is 0 Å². The zero-order chi connectivity index (χ0) is 12.0. The Balaban J connectivity index is 2.19. The van der Waals surface area contributed by atoms with Crippen LogP contribution in [0, 0.1) is 29.6 Å². The molecule has 16 heavy (non-hydrogen) atoms. The van der Waals surface area contributed by atoms with Crippen molar-refractivity contribution in [3.63, 3.8) is 0 Å². The van der Waals surface area contributed by atoms with Gasteiger partial charge in [-0.15, -0.1) is 0 Å². The maximum absolute atomic E-state index is 2.77. The van der Waals surface area contributed by atoms with Gasteiger partial charge in [-0.2, -0.15) is 0 Å². The molecule has 1 saturated heterocycles. The number of fused-ring (bicyclic) bond motifs is 2. The highest BCUT2D eigenvalue weighted by Gasteiger charge is 2.53. The lowest BCUT2D eigenvalue weighted by Crippen LogP contribution is -2.48. The number of hydrogen-bond donors (Lipinski definition) is 0. The predicted octanol–water partition coefficient (Wildman–Crippen LogP) is 3.64. The summed E-state index contributed by atoms with van der Waals surface area (Å²) in [7, 11) is 0. The van der Waals surface area contributed by atoms with Crippen LogP contribution in [0.4, 0.5) is 0 Å². The van der Waals surface area contributed by atoms with Gasteiger partial charge in [0.25, 0.3) is 0 Å². The molecule has 1 aliphatic heterocycles. The van der Waals surface area contributed by atoms with E-state index in [2.05, 4.69) is 46.4 Å². The van der Waals surface area contributed by atoms with E-state index < -0.39 is 0 Å². The number of hydrogen-bond acceptors (Lipinski definition) is 1. The third-order valence-electron chi connectivity index (χ3n) is 5.05. The highest BCUT2D eigenvalue weighted by Crippen LogP contribution is 2.52. The lowest BCUT2D eigenvalue weighted by Gasteiger charge is -2.44. The van der Waals surface area contributed by atoms with Crippen LogP contribution in [0.5, 0.6) is 0 Å². The molecule has 0 aromatic rings. The van der Waals surface area contributed by atoms with Gasteiger partial charge in [0.1, 0.15) is 0 Å². The second-order valence-electron chi connectivity index (χ2n) is 7.00. The minimum atomic E-state index is 0.740. The molecule has 0 radical (unpaired) electrons. The maximum Gasteiger partial charge on any atom is 0.0135 e. The van der Waals surface area contributed by atoms with Crippen molar-refractivity contribution in [2.45, 2.75) is 60.0 Å². The largest absolute Gasteiger partial charge is 0.297 e. The summed E-state index contributed by atoms with van der Waals surface area (Å²) in [5.74, 6) is 4.64. The Bertz CT molecular complexity index is 244. The summed E-state index contributed by atoms with van der Waals surface area (Å²) in [6, 6.07) is 1.63. The molecule has 1 nitrogen and oxygen atoms in total. The molecule has 0 aromatic carbocycles. The van der Waals surface area contributed by atoms with E-state index in [1.165, 1.54) is 13.0 Å². The number of rotatable bonds is 3. The predicted molar refractivity (Wildman–Crippen MR) is 70.4 cm³/mol. The molecule has 4 unspecified atom stereocenters. The number of piperidine rings is 1. The molecule has 0 amide bonds. The van der Waals surface area contributed by atoms with Gasteiger partial charge in [0.05, 0.1) is 0 Å². The quantitative estimate of drug-likeness (QED) is 0.706. The number of likely N-dealkylation sites (tertiary alicyclic amines) is 1. The summed E-state index contributed by atoms with van der Waals surface area (Å²) in [4.78, 5) is 2.77. The number of nitrogens with zero attached hydrogens (tertiary/aromatic N) is 1. The van der Waals surface area contributed by atoms with Gasteiger partial charge < -0.3 is 0 Å². The van der Waals surface area contributed by atoms with Crippen LogP contribution in [0.1, 0.15) is 48.0 Å². The summed E-state index contributed by atoms with van der Waals surface area (Å²) in [5, 5.41) is 0. The first-order chi connectivity index (χ1) is 7.43. The molecule has 2 fully saturated rings. The monoisotopic (exact) mass is 223 g/mol. The van der Waals surface area contributed by atoms with Gasteiger partial charge in [-0.25, -0.2) is 0 Å². The first-order valence-electron chi connectivity index (χ1n) is 7.19. The van der Waals surface area contributed by atoms with E-state index in [0.29, 0.717) is 0 Å². The van der Waals surface area contributed by atoms with Crippen LogP contribution >= 0.6 is 0 Å². The van der Waals surface area contributed by atoms with E-state index >= 15 is 0 Å². The summed E-state index contributed by atoms with van der Waals surface area (Å²) < 4.78 is 0. The summed E-state index contributed by atoms with van der Waals surface area (Å²) >= 11 is 0. The van der Waals surface area contributed by atoms with Crippen molar-refractivity contribution in [2.24, 2.45) is 29.6 Å². The molecule has 1 saturated carbocycles. The smallest absolute Gasteiger partial charge is 0.0135 e. The van der Waals surface area contributed by atoms with Crippen molar-refractivity contribution in [2.75, 3.05) is 6.54 Å². The third kappa shape index (κ3) is 1.81. The minimum Gasteiger partial charge on any atom is -0.297 e. The van der Waals surface area contributed by atoms with E-state index in [4.69, 9.17) is 0 Å². The average Bonchev–Trinajstić information content (AvgIpc) is 2.72. The van der Waals surface area contributed by atoms with E-state index in [0.717, 1.165) is 41.7 Å². The van der Waals surface area contributed by atoms with Crippen molar-refractivity contribution < 1.29 is 0 Å². The lowest BCUT2D eigenvalue weighted by atomic mass is 9.73. The first-order valence-corrected chi connectivity index (χ1v) is 7.19. The zero-order valence-electron chi connectivity index (χ0n) is 11.9. The molecule has 1 heteroatoms. The van der Waals surface area contributed by atoms with Gasteiger partial charge in [0, 0.05) is 18.6 Å². The SMILES string of the molecule is CC(C)C1C2CC(C1C(C)C)N(C(C)C)C2. The lowest BCUT2D eigenvalue weighted by molar-refractivity contribution is 0.0375. The fourth-order valence-electron chi connectivity index (χ4n) is 4.63. The van der Waals surface area contributed by atoms with Gasteiger partial charge in [-0.1, -0.05) is 27.7 Å². The van der Waals surface area contributed by atoms with Crippen LogP contribution in [0.3, 0.4) is 0 Å². The highest BCUT2D eigenvalue weighted by molar-refractivity contribution is 5.05. The standard InChI is InChI=1S/C15H29N/c1-9(2)14-12-7-13(15(14)10(3)4)16(8-12)11(5)6/h9-15H,7-8H2,1-6H3. The minimum absolute atomic E-state index is 0.740. The van der Waals surface area contributed by atoms with Crippen molar-refractivity contribution in [3.05, 3.63) is 0 Å². The van der Waals surface area contributed by atoms with E-state index in [9.17, 15) is 0 Å². The molecule has 94 valence electrons. The molecular formula is C15H29N. The Morgan fingerprint density at radius 3 is 1.88 bits per heavy atom. The second-order valence-corrected chi connectivity index (χ2v) is 7.00. The van der Waals surface area contributed by atoms with Gasteiger partial charge >= 0.3 is 0 Å². The molecule has 1 heterocycles. The van der Waals surface area contributed by atoms with Crippen LogP contribution in [0.2, 0.25) is 0 Å². The van der Waals surface area contributed by atoms with Gasteiger partial charge in [0.15, 0.2) is 0 Å². The third-order valence-corrected chi connectivity index (χ3v) is 5.05. The van der Waals surface area contributed by atoms with Gasteiger partial charge in [-0.05, 0) is 49.9 Å². The second kappa shape index (κ2) is 4.33. The molecular weight excluding hydrogens is 194 g/mol. The molecule has 2 rings (SSSR count). The fourth-order valence-corrected chi connectivity index (χ4v) is 4.63. The van der Waals surface area contributed by atoms with Crippen LogP contribution in [0.25, 0.3) is 0 Å². The van der Waals surface area contributed by atoms with Crippen molar-refractivity contribution >= 4 is 0 Å². The Labute approximate surface area is 102 Å². The van der Waals surface area contributed by atoms with Crippen LogP contribution in [0.15, 0.2) is 0 Å². The normalized spacial score (nSPS) is 39.6. The van der Waals surface area contributed by atoms with Gasteiger partial charge in [-0.3, -0.25) is 4.90 Å². The van der Waals surface area contributed by atoms with E-state index in [1.54, 1.807) is 0 Å². The summed E-state index contributed by atoms with van der Waals surface area (Å²) in [6.45, 7) is 15.8. The van der Waals surface area contributed by atoms with Crippen molar-refractivity contribution in [3.8, 4) is 0 Å². The van der Waals surface area contributed by atoms with Crippen molar-refractivity contribution in [1.82, 2.24) is 4.90 Å². The van der Waals surface area contributed by atoms with Crippen molar-refractivity contribution in [1.29, 1.82) is 0 Å². The zero-order valence-corrected chi connectivity index (χ0v) is 11.9. The molecule has 4 atom stereocenters. The summed E-state index contributed by atoms with van der Waals surface area (Å²) in [5.41, 5.74) is 0. The molecule has 2 aliphatic rings. The molecule has 1 aliphatic carbocycles. The highest BCUT2D eigenvalue weighted by atomic mass is 15.2. The Hall–Kier alpha value is -0.0400. The maximum atomic E-state index is 2.77. The van der Waals surface area contributed by atoms with Gasteiger partial charge in [0.2, 0.25) is 0 Å². The van der Waals surface area contributed by atoms with Crippen LogP contribution in [-0.4, -0.2) is 23.5 Å². The molecule has 2 bridgehead atoms. The first kappa shape index (κ1) is 12.4. The Kier molecular flexibility index (Phi) is 3.36. The molecule has 0 spiro atoms. The average molecular weight is 223 g/mol. The van der Waals surface area contributed by atoms with E-state index in [-0.39, 0.29) is 0 Å². The van der Waals surface area contributed by atoms with E-state index in [1.807, 2.05) is 0 Å². The fraction of sp³-hybridized carbons (Fsp3) is 1.00. The Morgan fingerprint density at radius 2 is 1.44 bits per heavy atom. The van der Waals surface area contributed by atoms with Crippen LogP contribution < -0.4 is 0 Å². The topological polar surface area (TPSA) is 3.24 Å². The molecule has 0 aromatic heterocycles.